The summed E-state index contributed by atoms with van der Waals surface area (Å²) in [5.41, 5.74) is 3.44. The summed E-state index contributed by atoms with van der Waals surface area (Å²) >= 11 is 0. The molecular formula is C17H12N4O2. The summed E-state index contributed by atoms with van der Waals surface area (Å²) < 4.78 is 7.78. The molecule has 4 aromatic rings. The number of pyridine rings is 1. The van der Waals surface area contributed by atoms with Crippen LogP contribution in [0.15, 0.2) is 53.3 Å². The lowest BCUT2D eigenvalue weighted by Crippen LogP contribution is -1.90. The molecule has 3 heterocycles. The second kappa shape index (κ2) is 5.17. The molecule has 0 amide bonds. The Hall–Kier alpha value is -3.28. The van der Waals surface area contributed by atoms with Crippen LogP contribution in [0.1, 0.15) is 10.5 Å². The van der Waals surface area contributed by atoms with E-state index in [1.807, 2.05) is 36.0 Å². The highest BCUT2D eigenvalue weighted by Crippen LogP contribution is 2.27. The summed E-state index contributed by atoms with van der Waals surface area (Å²) in [6.07, 6.45) is 5.91. The number of aldehydes is 1. The first kappa shape index (κ1) is 13.4. The Kier molecular flexibility index (Phi) is 3.01. The third kappa shape index (κ3) is 2.30. The zero-order valence-electron chi connectivity index (χ0n) is 12.3. The smallest absolute Gasteiger partial charge is 0.227 e. The molecule has 3 aromatic heterocycles. The van der Waals surface area contributed by atoms with Crippen LogP contribution in [0.4, 0.5) is 0 Å². The van der Waals surface area contributed by atoms with Crippen molar-refractivity contribution in [3.05, 3.63) is 54.6 Å². The summed E-state index contributed by atoms with van der Waals surface area (Å²) in [7, 11) is 1.94. The minimum Gasteiger partial charge on any atom is -0.436 e. The SMILES string of the molecule is Cn1ccnc1-c1ccc2nc(-c3ccnc(C=O)c3)oc2c1. The number of rotatable bonds is 3. The average Bonchev–Trinajstić information content (AvgIpc) is 3.20. The van der Waals surface area contributed by atoms with Gasteiger partial charge in [0.1, 0.15) is 17.0 Å². The van der Waals surface area contributed by atoms with E-state index in [4.69, 9.17) is 4.42 Å². The molecule has 0 bridgehead atoms. The number of hydrogen-bond acceptors (Lipinski definition) is 5. The molecule has 4 rings (SSSR count). The third-order valence-electron chi connectivity index (χ3n) is 3.62. The van der Waals surface area contributed by atoms with Crippen molar-refractivity contribution in [3.63, 3.8) is 0 Å². The average molecular weight is 304 g/mol. The summed E-state index contributed by atoms with van der Waals surface area (Å²) in [6, 6.07) is 9.18. The molecule has 1 aromatic carbocycles. The Morgan fingerprint density at radius 1 is 1.09 bits per heavy atom. The van der Waals surface area contributed by atoms with Crippen molar-refractivity contribution in [1.82, 2.24) is 19.5 Å². The van der Waals surface area contributed by atoms with Crippen LogP contribution in [0, 0.1) is 0 Å². The number of hydrogen-bond donors (Lipinski definition) is 0. The van der Waals surface area contributed by atoms with Crippen molar-refractivity contribution >= 4 is 17.4 Å². The van der Waals surface area contributed by atoms with Gasteiger partial charge in [-0.15, -0.1) is 0 Å². The molecule has 0 saturated carbocycles. The predicted molar refractivity (Wildman–Crippen MR) is 84.8 cm³/mol. The normalized spacial score (nSPS) is 11.0. The van der Waals surface area contributed by atoms with Gasteiger partial charge < -0.3 is 8.98 Å². The molecule has 0 spiro atoms. The molecular weight excluding hydrogens is 292 g/mol. The number of aromatic nitrogens is 4. The Morgan fingerprint density at radius 3 is 2.78 bits per heavy atom. The van der Waals surface area contributed by atoms with E-state index in [9.17, 15) is 4.79 Å². The Labute approximate surface area is 131 Å². The molecule has 6 nitrogen and oxygen atoms in total. The van der Waals surface area contributed by atoms with E-state index in [1.165, 1.54) is 0 Å². The molecule has 0 saturated heterocycles. The van der Waals surface area contributed by atoms with Gasteiger partial charge in [0.2, 0.25) is 5.89 Å². The van der Waals surface area contributed by atoms with Gasteiger partial charge in [0.15, 0.2) is 11.9 Å². The van der Waals surface area contributed by atoms with Gasteiger partial charge in [0.25, 0.3) is 0 Å². The molecule has 0 aliphatic rings. The fourth-order valence-electron chi connectivity index (χ4n) is 2.48. The number of carbonyl (C=O) groups is 1. The fourth-order valence-corrected chi connectivity index (χ4v) is 2.48. The molecule has 0 aliphatic heterocycles. The number of fused-ring (bicyclic) bond motifs is 1. The number of nitrogens with zero attached hydrogens (tertiary/aromatic N) is 4. The van der Waals surface area contributed by atoms with Crippen molar-refractivity contribution < 1.29 is 9.21 Å². The second-order valence-corrected chi connectivity index (χ2v) is 5.15. The van der Waals surface area contributed by atoms with E-state index < -0.39 is 0 Å². The fraction of sp³-hybridized carbons (Fsp3) is 0.0588. The Morgan fingerprint density at radius 2 is 2.00 bits per heavy atom. The van der Waals surface area contributed by atoms with E-state index in [-0.39, 0.29) is 0 Å². The van der Waals surface area contributed by atoms with Gasteiger partial charge in [0, 0.05) is 36.8 Å². The summed E-state index contributed by atoms with van der Waals surface area (Å²) in [6.45, 7) is 0. The van der Waals surface area contributed by atoms with Crippen LogP contribution in [0.2, 0.25) is 0 Å². The quantitative estimate of drug-likeness (QED) is 0.544. The minimum atomic E-state index is 0.346. The summed E-state index contributed by atoms with van der Waals surface area (Å²) in [5, 5.41) is 0. The molecule has 0 atom stereocenters. The summed E-state index contributed by atoms with van der Waals surface area (Å²) in [5.74, 6) is 1.32. The number of oxazole rings is 1. The topological polar surface area (TPSA) is 73.8 Å². The zero-order valence-corrected chi connectivity index (χ0v) is 12.3. The number of aryl methyl sites for hydroxylation is 1. The van der Waals surface area contributed by atoms with E-state index >= 15 is 0 Å². The predicted octanol–water partition coefficient (Wildman–Crippen LogP) is 3.10. The Balaban J connectivity index is 1.82. The van der Waals surface area contributed by atoms with E-state index in [1.54, 1.807) is 24.5 Å². The van der Waals surface area contributed by atoms with Crippen LogP contribution >= 0.6 is 0 Å². The molecule has 23 heavy (non-hydrogen) atoms. The number of imidazole rings is 1. The van der Waals surface area contributed by atoms with Crippen molar-refractivity contribution in [1.29, 1.82) is 0 Å². The largest absolute Gasteiger partial charge is 0.436 e. The number of benzene rings is 1. The van der Waals surface area contributed by atoms with Crippen molar-refractivity contribution in [2.24, 2.45) is 7.05 Å². The van der Waals surface area contributed by atoms with Crippen LogP contribution in [-0.2, 0) is 7.05 Å². The lowest BCUT2D eigenvalue weighted by molar-refractivity contribution is 0.111. The highest BCUT2D eigenvalue weighted by Gasteiger charge is 2.11. The van der Waals surface area contributed by atoms with Crippen LogP contribution in [0.25, 0.3) is 33.9 Å². The van der Waals surface area contributed by atoms with Crippen molar-refractivity contribution in [3.8, 4) is 22.8 Å². The van der Waals surface area contributed by atoms with Gasteiger partial charge in [-0.25, -0.2) is 9.97 Å². The second-order valence-electron chi connectivity index (χ2n) is 5.15. The van der Waals surface area contributed by atoms with E-state index in [0.717, 1.165) is 22.5 Å². The van der Waals surface area contributed by atoms with E-state index in [2.05, 4.69) is 15.0 Å². The number of carbonyl (C=O) groups excluding carboxylic acids is 1. The zero-order chi connectivity index (χ0) is 15.8. The third-order valence-corrected chi connectivity index (χ3v) is 3.62. The lowest BCUT2D eigenvalue weighted by Gasteiger charge is -2.00. The molecule has 112 valence electrons. The maximum Gasteiger partial charge on any atom is 0.227 e. The van der Waals surface area contributed by atoms with Gasteiger partial charge >= 0.3 is 0 Å². The van der Waals surface area contributed by atoms with Gasteiger partial charge in [-0.3, -0.25) is 9.78 Å². The molecule has 6 heteroatoms. The highest BCUT2D eigenvalue weighted by molar-refractivity contribution is 5.81. The standard InChI is InChI=1S/C17H12N4O2/c1-21-7-6-19-16(21)11-2-3-14-15(9-11)23-17(20-14)12-4-5-18-13(8-12)10-22/h2-10H,1H3. The minimum absolute atomic E-state index is 0.346. The lowest BCUT2D eigenvalue weighted by atomic mass is 10.2. The van der Waals surface area contributed by atoms with E-state index in [0.29, 0.717) is 23.5 Å². The van der Waals surface area contributed by atoms with Gasteiger partial charge in [0.05, 0.1) is 0 Å². The van der Waals surface area contributed by atoms with Crippen molar-refractivity contribution in [2.45, 2.75) is 0 Å². The van der Waals surface area contributed by atoms with Gasteiger partial charge in [-0.2, -0.15) is 0 Å². The van der Waals surface area contributed by atoms with Crippen LogP contribution in [0.5, 0.6) is 0 Å². The Bertz CT molecular complexity index is 1020. The highest BCUT2D eigenvalue weighted by atomic mass is 16.3. The van der Waals surface area contributed by atoms with Gasteiger partial charge in [-0.1, -0.05) is 0 Å². The monoisotopic (exact) mass is 304 g/mol. The van der Waals surface area contributed by atoms with Crippen LogP contribution in [0.3, 0.4) is 0 Å². The molecule has 0 aliphatic carbocycles. The molecule has 0 unspecified atom stereocenters. The van der Waals surface area contributed by atoms with Crippen LogP contribution < -0.4 is 0 Å². The first-order valence-corrected chi connectivity index (χ1v) is 7.04. The maximum atomic E-state index is 10.8. The molecule has 0 radical (unpaired) electrons. The van der Waals surface area contributed by atoms with Crippen molar-refractivity contribution in [2.75, 3.05) is 0 Å². The summed E-state index contributed by atoms with van der Waals surface area (Å²) in [4.78, 5) is 23.6. The first-order valence-electron chi connectivity index (χ1n) is 7.04. The van der Waals surface area contributed by atoms with Gasteiger partial charge in [-0.05, 0) is 30.3 Å². The molecule has 0 fully saturated rings. The van der Waals surface area contributed by atoms with Crippen LogP contribution in [-0.4, -0.2) is 25.8 Å². The first-order chi connectivity index (χ1) is 11.2. The maximum absolute atomic E-state index is 10.8. The molecule has 0 N–H and O–H groups in total.